The van der Waals surface area contributed by atoms with Gasteiger partial charge in [-0.3, -0.25) is 4.79 Å². The second-order valence-corrected chi connectivity index (χ2v) is 10.9. The molecule has 1 aliphatic carbocycles. The fourth-order valence-electron chi connectivity index (χ4n) is 5.22. The standard InChI is InChI=1S/C27H38N4O5/c1-27(2,3)36-26(34)29-15-13-20-8-11-23(17-21(20)14-16-29)30-18-28-31(25(30)33)22-9-5-19(6-10-22)7-12-24(32)35-4/h8,11,17-19,22H,5-7,9-10,12-16H2,1-4H3. The molecule has 0 saturated heterocycles. The van der Waals surface area contributed by atoms with Gasteiger partial charge in [-0.15, -0.1) is 0 Å². The van der Waals surface area contributed by atoms with Crippen LogP contribution in [-0.4, -0.2) is 57.1 Å². The zero-order valence-electron chi connectivity index (χ0n) is 21.9. The number of rotatable bonds is 5. The van der Waals surface area contributed by atoms with Crippen molar-refractivity contribution >= 4 is 12.1 Å². The third-order valence-electron chi connectivity index (χ3n) is 7.26. The van der Waals surface area contributed by atoms with Crippen LogP contribution in [0, 0.1) is 5.92 Å². The lowest BCUT2D eigenvalue weighted by atomic mass is 9.83. The van der Waals surface area contributed by atoms with Crippen LogP contribution >= 0.6 is 0 Å². The number of amides is 1. The highest BCUT2D eigenvalue weighted by atomic mass is 16.6. The maximum absolute atomic E-state index is 13.2. The summed E-state index contributed by atoms with van der Waals surface area (Å²) in [5.74, 6) is 0.327. The fourth-order valence-corrected chi connectivity index (χ4v) is 5.22. The van der Waals surface area contributed by atoms with Crippen LogP contribution in [0.15, 0.2) is 29.3 Å². The van der Waals surface area contributed by atoms with Crippen LogP contribution < -0.4 is 5.69 Å². The first-order valence-corrected chi connectivity index (χ1v) is 13.0. The molecule has 4 rings (SSSR count). The van der Waals surface area contributed by atoms with Crippen LogP contribution in [0.1, 0.15) is 76.5 Å². The van der Waals surface area contributed by atoms with Crippen LogP contribution in [-0.2, 0) is 27.1 Å². The van der Waals surface area contributed by atoms with E-state index in [1.807, 2.05) is 32.9 Å². The van der Waals surface area contributed by atoms with Gasteiger partial charge in [0.05, 0.1) is 18.8 Å². The number of fused-ring (bicyclic) bond motifs is 1. The molecule has 1 aliphatic heterocycles. The SMILES string of the molecule is COC(=O)CCC1CCC(n2ncn(-c3ccc4c(c3)CCN(C(=O)OC(C)(C)C)CC4)c2=O)CC1. The van der Waals surface area contributed by atoms with Gasteiger partial charge in [-0.1, -0.05) is 6.07 Å². The van der Waals surface area contributed by atoms with Crippen LogP contribution in [0.25, 0.3) is 5.69 Å². The summed E-state index contributed by atoms with van der Waals surface area (Å²) in [7, 11) is 1.42. The van der Waals surface area contributed by atoms with Crippen molar-refractivity contribution in [1.82, 2.24) is 19.2 Å². The number of nitrogens with zero attached hydrogens (tertiary/aromatic N) is 4. The molecule has 0 bridgehead atoms. The summed E-state index contributed by atoms with van der Waals surface area (Å²) >= 11 is 0. The van der Waals surface area contributed by atoms with Gasteiger partial charge in [0.1, 0.15) is 11.9 Å². The predicted octanol–water partition coefficient (Wildman–Crippen LogP) is 4.05. The Kier molecular flexibility index (Phi) is 7.85. The molecule has 1 aromatic heterocycles. The number of carbonyl (C=O) groups excluding carboxylic acids is 2. The number of ether oxygens (including phenoxy) is 2. The summed E-state index contributed by atoms with van der Waals surface area (Å²) in [6, 6.07) is 6.14. The van der Waals surface area contributed by atoms with Crippen molar-refractivity contribution in [3.63, 3.8) is 0 Å². The van der Waals surface area contributed by atoms with E-state index in [2.05, 4.69) is 11.2 Å². The Morgan fingerprint density at radius 3 is 2.42 bits per heavy atom. The third kappa shape index (κ3) is 6.17. The summed E-state index contributed by atoms with van der Waals surface area (Å²) < 4.78 is 13.5. The second-order valence-electron chi connectivity index (χ2n) is 10.9. The molecule has 1 amide bonds. The first kappa shape index (κ1) is 26.0. The molecule has 196 valence electrons. The van der Waals surface area contributed by atoms with Gasteiger partial charge in [-0.2, -0.15) is 5.10 Å². The van der Waals surface area contributed by atoms with Crippen molar-refractivity contribution in [2.45, 2.75) is 83.8 Å². The summed E-state index contributed by atoms with van der Waals surface area (Å²) in [4.78, 5) is 39.0. The number of esters is 1. The molecule has 0 atom stereocenters. The molecule has 2 heterocycles. The monoisotopic (exact) mass is 498 g/mol. The zero-order chi connectivity index (χ0) is 25.9. The number of methoxy groups -OCH3 is 1. The minimum Gasteiger partial charge on any atom is -0.469 e. The van der Waals surface area contributed by atoms with E-state index in [1.54, 1.807) is 20.5 Å². The topological polar surface area (TPSA) is 95.7 Å². The summed E-state index contributed by atoms with van der Waals surface area (Å²) in [6.07, 6.45) is 7.80. The van der Waals surface area contributed by atoms with Crippen LogP contribution in [0.4, 0.5) is 4.79 Å². The molecule has 9 nitrogen and oxygen atoms in total. The molecular weight excluding hydrogens is 460 g/mol. The van der Waals surface area contributed by atoms with Crippen LogP contribution in [0.5, 0.6) is 0 Å². The summed E-state index contributed by atoms with van der Waals surface area (Å²) in [5, 5.41) is 4.45. The fraction of sp³-hybridized carbons (Fsp3) is 0.630. The van der Waals surface area contributed by atoms with Crippen molar-refractivity contribution in [3.05, 3.63) is 46.1 Å². The van der Waals surface area contributed by atoms with E-state index in [9.17, 15) is 14.4 Å². The molecule has 0 N–H and O–H groups in total. The quantitative estimate of drug-likeness (QED) is 0.577. The molecule has 9 heteroatoms. The first-order chi connectivity index (χ1) is 17.1. The largest absolute Gasteiger partial charge is 0.469 e. The van der Waals surface area contributed by atoms with Gasteiger partial charge in [-0.25, -0.2) is 18.8 Å². The molecule has 1 aromatic carbocycles. The van der Waals surface area contributed by atoms with Gasteiger partial charge < -0.3 is 14.4 Å². The van der Waals surface area contributed by atoms with Crippen molar-refractivity contribution in [2.24, 2.45) is 5.92 Å². The van der Waals surface area contributed by atoms with Crippen molar-refractivity contribution in [2.75, 3.05) is 20.2 Å². The molecule has 1 fully saturated rings. The van der Waals surface area contributed by atoms with E-state index in [0.717, 1.165) is 49.8 Å². The minimum atomic E-state index is -0.521. The van der Waals surface area contributed by atoms with Gasteiger partial charge in [0.2, 0.25) is 0 Å². The zero-order valence-corrected chi connectivity index (χ0v) is 21.9. The molecule has 2 aliphatic rings. The number of carbonyl (C=O) groups is 2. The lowest BCUT2D eigenvalue weighted by Gasteiger charge is -2.27. The normalized spacial score (nSPS) is 20.4. The molecule has 0 radical (unpaired) electrons. The maximum Gasteiger partial charge on any atom is 0.410 e. The van der Waals surface area contributed by atoms with E-state index in [4.69, 9.17) is 9.47 Å². The van der Waals surface area contributed by atoms with Crippen molar-refractivity contribution < 1.29 is 19.1 Å². The van der Waals surface area contributed by atoms with Gasteiger partial charge in [0.25, 0.3) is 0 Å². The Labute approximate surface area is 212 Å². The van der Waals surface area contributed by atoms with E-state index < -0.39 is 5.60 Å². The van der Waals surface area contributed by atoms with Crippen LogP contribution in [0.2, 0.25) is 0 Å². The summed E-state index contributed by atoms with van der Waals surface area (Å²) in [5.41, 5.74) is 2.48. The highest BCUT2D eigenvalue weighted by Crippen LogP contribution is 2.33. The van der Waals surface area contributed by atoms with Gasteiger partial charge in [0, 0.05) is 19.5 Å². The highest BCUT2D eigenvalue weighted by molar-refractivity contribution is 5.69. The van der Waals surface area contributed by atoms with E-state index in [-0.39, 0.29) is 23.8 Å². The molecule has 2 aromatic rings. The van der Waals surface area contributed by atoms with Crippen molar-refractivity contribution in [1.29, 1.82) is 0 Å². The number of hydrogen-bond donors (Lipinski definition) is 0. The summed E-state index contributed by atoms with van der Waals surface area (Å²) in [6.45, 7) is 6.82. The molecule has 36 heavy (non-hydrogen) atoms. The van der Waals surface area contributed by atoms with E-state index in [1.165, 1.54) is 12.7 Å². The lowest BCUT2D eigenvalue weighted by Crippen LogP contribution is -2.38. The number of aromatic nitrogens is 3. The van der Waals surface area contributed by atoms with Gasteiger partial charge in [0.15, 0.2) is 0 Å². The Morgan fingerprint density at radius 2 is 1.75 bits per heavy atom. The van der Waals surface area contributed by atoms with Crippen molar-refractivity contribution in [3.8, 4) is 5.69 Å². The maximum atomic E-state index is 13.2. The Balaban J connectivity index is 1.41. The second kappa shape index (κ2) is 10.9. The predicted molar refractivity (Wildman–Crippen MR) is 135 cm³/mol. The number of benzene rings is 1. The van der Waals surface area contributed by atoms with Gasteiger partial charge >= 0.3 is 17.8 Å². The highest BCUT2D eigenvalue weighted by Gasteiger charge is 2.27. The van der Waals surface area contributed by atoms with E-state index >= 15 is 0 Å². The average Bonchev–Trinajstić information content (AvgIpc) is 3.09. The Morgan fingerprint density at radius 1 is 1.06 bits per heavy atom. The van der Waals surface area contributed by atoms with E-state index in [0.29, 0.717) is 31.8 Å². The Hall–Kier alpha value is -3.10. The third-order valence-corrected chi connectivity index (χ3v) is 7.26. The molecule has 0 unspecified atom stereocenters. The molecule has 1 saturated carbocycles. The Bertz CT molecular complexity index is 1140. The average molecular weight is 499 g/mol. The molecular formula is C27H38N4O5. The first-order valence-electron chi connectivity index (χ1n) is 13.0. The van der Waals surface area contributed by atoms with Crippen LogP contribution in [0.3, 0.4) is 0 Å². The smallest absolute Gasteiger partial charge is 0.410 e. The van der Waals surface area contributed by atoms with Gasteiger partial charge in [-0.05, 0) is 94.9 Å². The number of hydrogen-bond acceptors (Lipinski definition) is 6. The minimum absolute atomic E-state index is 0.0799. The molecule has 0 spiro atoms. The lowest BCUT2D eigenvalue weighted by molar-refractivity contribution is -0.141.